The molecule has 1 unspecified atom stereocenters. The number of hydrogen-bond donors (Lipinski definition) is 2. The van der Waals surface area contributed by atoms with Gasteiger partial charge in [0.2, 0.25) is 0 Å². The molecule has 2 aromatic rings. The average molecular weight is 374 g/mol. The van der Waals surface area contributed by atoms with Crippen LogP contribution in [-0.4, -0.2) is 48.9 Å². The number of rotatable bonds is 1. The number of amides is 1. The fourth-order valence-corrected chi connectivity index (χ4v) is 3.07. The first-order valence-corrected chi connectivity index (χ1v) is 6.78. The highest BCUT2D eigenvalue weighted by molar-refractivity contribution is 14.1. The molecule has 1 saturated heterocycles. The van der Waals surface area contributed by atoms with E-state index in [0.29, 0.717) is 24.6 Å². The quantitative estimate of drug-likeness (QED) is 0.719. The van der Waals surface area contributed by atoms with E-state index in [9.17, 15) is 4.79 Å². The minimum absolute atomic E-state index is 0.00332. The predicted molar refractivity (Wildman–Crippen MR) is 75.7 cm³/mol. The summed E-state index contributed by atoms with van der Waals surface area (Å²) in [5.74, 6) is 0.397. The Morgan fingerprint density at radius 2 is 2.32 bits per heavy atom. The van der Waals surface area contributed by atoms with Crippen molar-refractivity contribution in [1.29, 1.82) is 0 Å². The first-order valence-electron chi connectivity index (χ1n) is 5.70. The van der Waals surface area contributed by atoms with Crippen LogP contribution in [0, 0.1) is 3.70 Å². The summed E-state index contributed by atoms with van der Waals surface area (Å²) < 4.78 is 2.50. The van der Waals surface area contributed by atoms with Gasteiger partial charge in [-0.15, -0.1) is 0 Å². The maximum Gasteiger partial charge on any atom is 0.407 e. The molecule has 0 spiro atoms. The second kappa shape index (κ2) is 4.47. The monoisotopic (exact) mass is 374 g/mol. The number of fused-ring (bicyclic) bond motifs is 1. The number of hydrogen-bond acceptors (Lipinski definition) is 5. The molecular formula is C10H11IN6O2. The van der Waals surface area contributed by atoms with E-state index in [1.54, 1.807) is 4.68 Å². The molecule has 3 rings (SSSR count). The van der Waals surface area contributed by atoms with Gasteiger partial charge in [-0.1, -0.05) is 0 Å². The van der Waals surface area contributed by atoms with Gasteiger partial charge in [-0.3, -0.25) is 0 Å². The predicted octanol–water partition coefficient (Wildman–Crippen LogP) is 0.938. The third-order valence-corrected chi connectivity index (χ3v) is 4.01. The molecule has 1 amide bonds. The first kappa shape index (κ1) is 12.4. The van der Waals surface area contributed by atoms with Crippen molar-refractivity contribution in [2.45, 2.75) is 12.5 Å². The van der Waals surface area contributed by atoms with Gasteiger partial charge in [0.05, 0.1) is 11.4 Å². The zero-order chi connectivity index (χ0) is 13.6. The second-order valence-electron chi connectivity index (χ2n) is 4.36. The molecule has 19 heavy (non-hydrogen) atoms. The summed E-state index contributed by atoms with van der Waals surface area (Å²) in [5, 5.41) is 14.2. The van der Waals surface area contributed by atoms with Gasteiger partial charge in [-0.2, -0.15) is 5.10 Å². The molecule has 3 N–H and O–H groups in total. The fourth-order valence-electron chi connectivity index (χ4n) is 2.32. The van der Waals surface area contributed by atoms with E-state index in [0.717, 1.165) is 15.5 Å². The summed E-state index contributed by atoms with van der Waals surface area (Å²) in [5.41, 5.74) is 6.49. The molecule has 9 heteroatoms. The minimum Gasteiger partial charge on any atom is -0.465 e. The highest BCUT2D eigenvalue weighted by atomic mass is 127. The van der Waals surface area contributed by atoms with Crippen molar-refractivity contribution >= 4 is 45.5 Å². The van der Waals surface area contributed by atoms with Gasteiger partial charge in [-0.05, 0) is 29.0 Å². The summed E-state index contributed by atoms with van der Waals surface area (Å²) in [7, 11) is 0. The van der Waals surface area contributed by atoms with Crippen LogP contribution < -0.4 is 5.73 Å². The largest absolute Gasteiger partial charge is 0.465 e. The van der Waals surface area contributed by atoms with E-state index < -0.39 is 6.09 Å². The summed E-state index contributed by atoms with van der Waals surface area (Å²) in [6, 6.07) is -0.00332. The number of nitrogen functional groups attached to an aromatic ring is 1. The number of anilines is 1. The van der Waals surface area contributed by atoms with E-state index in [4.69, 9.17) is 10.8 Å². The zero-order valence-electron chi connectivity index (χ0n) is 9.82. The molecule has 0 bridgehead atoms. The number of aromatic nitrogens is 4. The van der Waals surface area contributed by atoms with Crippen LogP contribution in [0.15, 0.2) is 6.33 Å². The van der Waals surface area contributed by atoms with E-state index in [2.05, 4.69) is 37.7 Å². The van der Waals surface area contributed by atoms with Gasteiger partial charge >= 0.3 is 6.09 Å². The van der Waals surface area contributed by atoms with Crippen molar-refractivity contribution in [3.63, 3.8) is 0 Å². The van der Waals surface area contributed by atoms with Crippen LogP contribution in [0.3, 0.4) is 0 Å². The lowest BCUT2D eigenvalue weighted by molar-refractivity contribution is 0.154. The van der Waals surface area contributed by atoms with Crippen LogP contribution in [0.2, 0.25) is 0 Å². The fraction of sp³-hybridized carbons (Fsp3) is 0.400. The Morgan fingerprint density at radius 1 is 1.53 bits per heavy atom. The third kappa shape index (κ3) is 1.97. The van der Waals surface area contributed by atoms with Crippen molar-refractivity contribution in [3.8, 4) is 0 Å². The molecule has 2 aromatic heterocycles. The number of nitrogens with two attached hydrogens (primary N) is 1. The lowest BCUT2D eigenvalue weighted by Crippen LogP contribution is -2.27. The molecule has 0 aliphatic carbocycles. The van der Waals surface area contributed by atoms with Crippen LogP contribution in [0.5, 0.6) is 0 Å². The Hall–Kier alpha value is -1.65. The second-order valence-corrected chi connectivity index (χ2v) is 5.39. The van der Waals surface area contributed by atoms with Crippen LogP contribution in [0.25, 0.3) is 11.0 Å². The van der Waals surface area contributed by atoms with Crippen LogP contribution >= 0.6 is 22.6 Å². The summed E-state index contributed by atoms with van der Waals surface area (Å²) in [6.07, 6.45) is 1.22. The van der Waals surface area contributed by atoms with Gasteiger partial charge in [-0.25, -0.2) is 19.4 Å². The minimum atomic E-state index is -0.900. The van der Waals surface area contributed by atoms with Gasteiger partial charge in [0.25, 0.3) is 0 Å². The standard InChI is InChI=1S/C10H11IN6O2/c11-7-6-8(12)13-4-14-9(6)17(15-7)5-1-2-16(3-5)10(18)19/h4-5H,1-3H2,(H,18,19)(H2,12,13,14). The smallest absolute Gasteiger partial charge is 0.407 e. The maximum absolute atomic E-state index is 11.0. The summed E-state index contributed by atoms with van der Waals surface area (Å²) in [4.78, 5) is 20.5. The Bertz CT molecular complexity index is 657. The number of carbonyl (C=O) groups is 1. The van der Waals surface area contributed by atoms with Gasteiger partial charge in [0.1, 0.15) is 15.8 Å². The number of carboxylic acid groups (broad SMARTS) is 1. The molecule has 8 nitrogen and oxygen atoms in total. The Morgan fingerprint density at radius 3 is 3.00 bits per heavy atom. The number of likely N-dealkylation sites (tertiary alicyclic amines) is 1. The molecule has 0 aromatic carbocycles. The van der Waals surface area contributed by atoms with Crippen molar-refractivity contribution in [2.75, 3.05) is 18.8 Å². The normalized spacial score (nSPS) is 19.2. The molecule has 1 atom stereocenters. The summed E-state index contributed by atoms with van der Waals surface area (Å²) in [6.45, 7) is 0.935. The Labute approximate surface area is 121 Å². The van der Waals surface area contributed by atoms with Gasteiger partial charge in [0, 0.05) is 13.1 Å². The highest BCUT2D eigenvalue weighted by Crippen LogP contribution is 2.28. The molecule has 1 aliphatic rings. The van der Waals surface area contributed by atoms with Crippen LogP contribution in [-0.2, 0) is 0 Å². The molecular weight excluding hydrogens is 363 g/mol. The van der Waals surface area contributed by atoms with E-state index >= 15 is 0 Å². The van der Waals surface area contributed by atoms with E-state index in [-0.39, 0.29) is 6.04 Å². The first-order chi connectivity index (χ1) is 9.08. The SMILES string of the molecule is Nc1ncnc2c1c(I)nn2C1CCN(C(=O)O)C1. The van der Waals surface area contributed by atoms with Crippen molar-refractivity contribution in [3.05, 3.63) is 10.0 Å². The molecule has 1 aliphatic heterocycles. The topological polar surface area (TPSA) is 110 Å². The summed E-state index contributed by atoms with van der Waals surface area (Å²) >= 11 is 2.09. The number of halogens is 1. The van der Waals surface area contributed by atoms with Crippen LogP contribution in [0.1, 0.15) is 12.5 Å². The molecule has 0 saturated carbocycles. The van der Waals surface area contributed by atoms with E-state index in [1.807, 2.05) is 0 Å². The Balaban J connectivity index is 2.03. The zero-order valence-corrected chi connectivity index (χ0v) is 12.0. The van der Waals surface area contributed by atoms with Crippen molar-refractivity contribution < 1.29 is 9.90 Å². The average Bonchev–Trinajstić information content (AvgIpc) is 2.95. The molecule has 1 fully saturated rings. The molecule has 100 valence electrons. The Kier molecular flexibility index (Phi) is 2.92. The lowest BCUT2D eigenvalue weighted by atomic mass is 10.2. The third-order valence-electron chi connectivity index (χ3n) is 3.26. The highest BCUT2D eigenvalue weighted by Gasteiger charge is 2.30. The molecule has 0 radical (unpaired) electrons. The van der Waals surface area contributed by atoms with Gasteiger partial charge in [0.15, 0.2) is 5.65 Å². The lowest BCUT2D eigenvalue weighted by Gasteiger charge is -2.13. The van der Waals surface area contributed by atoms with Crippen molar-refractivity contribution in [2.24, 2.45) is 0 Å². The van der Waals surface area contributed by atoms with Crippen LogP contribution in [0.4, 0.5) is 10.6 Å². The van der Waals surface area contributed by atoms with Crippen molar-refractivity contribution in [1.82, 2.24) is 24.6 Å². The van der Waals surface area contributed by atoms with E-state index in [1.165, 1.54) is 11.2 Å². The molecule has 3 heterocycles. The van der Waals surface area contributed by atoms with Gasteiger partial charge < -0.3 is 15.7 Å². The number of nitrogens with zero attached hydrogens (tertiary/aromatic N) is 5. The maximum atomic E-state index is 11.0.